The molecule has 0 amide bonds. The van der Waals surface area contributed by atoms with Gasteiger partial charge in [-0.1, -0.05) is 11.6 Å². The van der Waals surface area contributed by atoms with E-state index in [4.69, 9.17) is 0 Å². The van der Waals surface area contributed by atoms with Crippen LogP contribution >= 0.6 is 0 Å². The first-order valence-corrected chi connectivity index (χ1v) is 7.03. The molecule has 2 aromatic carbocycles. The number of methoxy groups -OCH3 is 2. The highest BCUT2D eigenvalue weighted by atomic mass is 16.5. The summed E-state index contributed by atoms with van der Waals surface area (Å²) < 4.78 is 9.27. The number of carbonyl (C=O) groups is 3. The smallest absolute Gasteiger partial charge is 0.337 e. The van der Waals surface area contributed by atoms with Gasteiger partial charge in [-0.15, -0.1) is 0 Å². The summed E-state index contributed by atoms with van der Waals surface area (Å²) in [5, 5.41) is 9.91. The minimum atomic E-state index is -0.691. The zero-order valence-corrected chi connectivity index (χ0v) is 13.5. The van der Waals surface area contributed by atoms with Crippen molar-refractivity contribution >= 4 is 17.7 Å². The summed E-state index contributed by atoms with van der Waals surface area (Å²) in [6.07, 6.45) is 0. The molecule has 0 fully saturated rings. The van der Waals surface area contributed by atoms with Crippen molar-refractivity contribution in [3.63, 3.8) is 0 Å². The van der Waals surface area contributed by atoms with Crippen molar-refractivity contribution in [2.75, 3.05) is 14.2 Å². The van der Waals surface area contributed by atoms with E-state index in [1.165, 1.54) is 44.6 Å². The molecule has 2 aromatic rings. The van der Waals surface area contributed by atoms with E-state index in [1.807, 2.05) is 0 Å². The van der Waals surface area contributed by atoms with Gasteiger partial charge in [0.25, 0.3) is 0 Å². The van der Waals surface area contributed by atoms with Gasteiger partial charge in [0.2, 0.25) is 0 Å². The van der Waals surface area contributed by atoms with Crippen LogP contribution in [0.1, 0.15) is 42.2 Å². The van der Waals surface area contributed by atoms with Crippen LogP contribution in [-0.4, -0.2) is 37.0 Å². The summed E-state index contributed by atoms with van der Waals surface area (Å²) in [7, 11) is 2.39. The van der Waals surface area contributed by atoms with E-state index >= 15 is 0 Å². The molecule has 6 nitrogen and oxygen atoms in total. The zero-order chi connectivity index (χ0) is 17.9. The van der Waals surface area contributed by atoms with Crippen molar-refractivity contribution in [2.45, 2.75) is 6.92 Å². The second-order valence-electron chi connectivity index (χ2n) is 5.13. The van der Waals surface area contributed by atoms with Crippen molar-refractivity contribution in [1.29, 1.82) is 0 Å². The Hall–Kier alpha value is -3.15. The van der Waals surface area contributed by atoms with Crippen molar-refractivity contribution < 1.29 is 29.0 Å². The maximum atomic E-state index is 12.7. The Morgan fingerprint density at radius 3 is 1.83 bits per heavy atom. The number of phenolic OH excluding ortho intramolecular Hbond substituents is 1. The van der Waals surface area contributed by atoms with Crippen LogP contribution in [0.2, 0.25) is 0 Å². The highest BCUT2D eigenvalue weighted by Crippen LogP contribution is 2.23. The number of ether oxygens (including phenoxy) is 2. The number of aromatic hydroxyl groups is 1. The molecule has 6 heteroatoms. The quantitative estimate of drug-likeness (QED) is 0.685. The predicted molar refractivity (Wildman–Crippen MR) is 85.4 cm³/mol. The van der Waals surface area contributed by atoms with E-state index in [-0.39, 0.29) is 28.0 Å². The van der Waals surface area contributed by atoms with Crippen LogP contribution in [0.25, 0.3) is 0 Å². The Morgan fingerprint density at radius 1 is 0.833 bits per heavy atom. The highest BCUT2D eigenvalue weighted by molar-refractivity contribution is 6.12. The van der Waals surface area contributed by atoms with E-state index in [0.29, 0.717) is 0 Å². The van der Waals surface area contributed by atoms with Crippen LogP contribution < -0.4 is 0 Å². The lowest BCUT2D eigenvalue weighted by Crippen LogP contribution is -2.11. The molecule has 0 bridgehead atoms. The topological polar surface area (TPSA) is 89.9 Å². The monoisotopic (exact) mass is 328 g/mol. The van der Waals surface area contributed by atoms with Crippen LogP contribution in [0.3, 0.4) is 0 Å². The standard InChI is InChI=1S/C18H16O6/c1-10-4-5-15(19)14(6-10)16(20)11-7-12(17(21)23-2)9-13(8-11)18(22)24-3/h4-9,19H,1-3H3. The first kappa shape index (κ1) is 17.2. The summed E-state index contributed by atoms with van der Waals surface area (Å²) in [5.41, 5.74) is 1.01. The second-order valence-corrected chi connectivity index (χ2v) is 5.13. The minimum absolute atomic E-state index is 0.0379. The normalized spacial score (nSPS) is 10.1. The number of phenols is 1. The third-order valence-corrected chi connectivity index (χ3v) is 3.43. The number of benzene rings is 2. The molecule has 2 rings (SSSR count). The summed E-state index contributed by atoms with van der Waals surface area (Å²) in [5.74, 6) is -2.09. The molecule has 0 aliphatic rings. The molecule has 0 aliphatic heterocycles. The summed E-state index contributed by atoms with van der Waals surface area (Å²) >= 11 is 0. The molecule has 0 saturated heterocycles. The number of aryl methyl sites for hydroxylation is 1. The molecule has 0 atom stereocenters. The lowest BCUT2D eigenvalue weighted by atomic mass is 9.97. The molecule has 1 N–H and O–H groups in total. The molecule has 0 saturated carbocycles. The van der Waals surface area contributed by atoms with Gasteiger partial charge in [-0.05, 0) is 37.3 Å². The number of ketones is 1. The largest absolute Gasteiger partial charge is 0.507 e. The SMILES string of the molecule is COC(=O)c1cc(C(=O)OC)cc(C(=O)c2cc(C)ccc2O)c1. The van der Waals surface area contributed by atoms with Crippen LogP contribution in [0.15, 0.2) is 36.4 Å². The lowest BCUT2D eigenvalue weighted by molar-refractivity contribution is 0.0599. The molecule has 0 spiro atoms. The molecule has 0 radical (unpaired) electrons. The van der Waals surface area contributed by atoms with Gasteiger partial charge in [0, 0.05) is 5.56 Å². The van der Waals surface area contributed by atoms with Crippen LogP contribution in [0.5, 0.6) is 5.75 Å². The Kier molecular flexibility index (Phi) is 4.99. The van der Waals surface area contributed by atoms with Crippen molar-refractivity contribution in [1.82, 2.24) is 0 Å². The first-order valence-electron chi connectivity index (χ1n) is 7.03. The maximum absolute atomic E-state index is 12.7. The van der Waals surface area contributed by atoms with E-state index < -0.39 is 17.7 Å². The van der Waals surface area contributed by atoms with E-state index in [2.05, 4.69) is 9.47 Å². The molecule has 0 heterocycles. The fourth-order valence-electron chi connectivity index (χ4n) is 2.22. The highest BCUT2D eigenvalue weighted by Gasteiger charge is 2.20. The van der Waals surface area contributed by atoms with Crippen LogP contribution in [-0.2, 0) is 9.47 Å². The van der Waals surface area contributed by atoms with Gasteiger partial charge < -0.3 is 14.6 Å². The molecular weight excluding hydrogens is 312 g/mol. The maximum Gasteiger partial charge on any atom is 0.337 e. The fraction of sp³-hybridized carbons (Fsp3) is 0.167. The number of hydrogen-bond donors (Lipinski definition) is 1. The number of rotatable bonds is 4. The number of carbonyl (C=O) groups excluding carboxylic acids is 3. The Morgan fingerprint density at radius 2 is 1.33 bits per heavy atom. The van der Waals surface area contributed by atoms with Gasteiger partial charge in [-0.3, -0.25) is 4.79 Å². The van der Waals surface area contributed by atoms with Crippen molar-refractivity contribution in [3.8, 4) is 5.75 Å². The number of hydrogen-bond acceptors (Lipinski definition) is 6. The Balaban J connectivity index is 2.59. The third kappa shape index (κ3) is 3.43. The summed E-state index contributed by atoms with van der Waals surface area (Å²) in [6, 6.07) is 8.50. The van der Waals surface area contributed by atoms with Gasteiger partial charge in [0.15, 0.2) is 5.78 Å². The molecule has 0 aliphatic carbocycles. The van der Waals surface area contributed by atoms with E-state index in [1.54, 1.807) is 13.0 Å². The predicted octanol–water partition coefficient (Wildman–Crippen LogP) is 2.50. The second kappa shape index (κ2) is 6.95. The zero-order valence-electron chi connectivity index (χ0n) is 13.5. The van der Waals surface area contributed by atoms with Crippen molar-refractivity contribution in [3.05, 3.63) is 64.2 Å². The van der Waals surface area contributed by atoms with E-state index in [0.717, 1.165) is 5.56 Å². The molecule has 0 unspecified atom stereocenters. The lowest BCUT2D eigenvalue weighted by Gasteiger charge is -2.09. The van der Waals surface area contributed by atoms with E-state index in [9.17, 15) is 19.5 Å². The number of esters is 2. The van der Waals surface area contributed by atoms with Gasteiger partial charge in [0.1, 0.15) is 5.75 Å². The third-order valence-electron chi connectivity index (χ3n) is 3.43. The molecule has 0 aromatic heterocycles. The minimum Gasteiger partial charge on any atom is -0.507 e. The van der Waals surface area contributed by atoms with Gasteiger partial charge in [-0.25, -0.2) is 9.59 Å². The average molecular weight is 328 g/mol. The molecule has 124 valence electrons. The van der Waals surface area contributed by atoms with Gasteiger partial charge >= 0.3 is 11.9 Å². The van der Waals surface area contributed by atoms with Crippen LogP contribution in [0, 0.1) is 6.92 Å². The molecular formula is C18H16O6. The average Bonchev–Trinajstić information content (AvgIpc) is 2.61. The Bertz CT molecular complexity index is 788. The molecule has 24 heavy (non-hydrogen) atoms. The fourth-order valence-corrected chi connectivity index (χ4v) is 2.22. The van der Waals surface area contributed by atoms with Crippen LogP contribution in [0.4, 0.5) is 0 Å². The van der Waals surface area contributed by atoms with Crippen molar-refractivity contribution in [2.24, 2.45) is 0 Å². The summed E-state index contributed by atoms with van der Waals surface area (Å²) in [4.78, 5) is 36.2. The first-order chi connectivity index (χ1) is 11.4. The Labute approximate surface area is 138 Å². The van der Waals surface area contributed by atoms with Gasteiger partial charge in [-0.2, -0.15) is 0 Å². The summed E-state index contributed by atoms with van der Waals surface area (Å²) in [6.45, 7) is 1.78. The van der Waals surface area contributed by atoms with Gasteiger partial charge in [0.05, 0.1) is 30.9 Å².